The average Bonchev–Trinajstić information content (AvgIpc) is 2.38. The van der Waals surface area contributed by atoms with Gasteiger partial charge in [-0.1, -0.05) is 41.4 Å². The SMILES string of the molecule is CCC[C@@H](c1ccc(C)cc1Br)N1CCNCC1.Cl.Cl. The van der Waals surface area contributed by atoms with Crippen molar-refractivity contribution >= 4 is 40.7 Å². The largest absolute Gasteiger partial charge is 0.314 e. The Kier molecular flexibility index (Phi) is 10.1. The molecule has 0 bridgehead atoms. The van der Waals surface area contributed by atoms with Crippen LogP contribution in [0.3, 0.4) is 0 Å². The van der Waals surface area contributed by atoms with Crippen LogP contribution in [-0.2, 0) is 0 Å². The molecule has 2 nitrogen and oxygen atoms in total. The van der Waals surface area contributed by atoms with Crippen LogP contribution in [0.1, 0.15) is 36.9 Å². The fourth-order valence-corrected chi connectivity index (χ4v) is 3.46. The Morgan fingerprint density at radius 1 is 1.25 bits per heavy atom. The number of rotatable bonds is 4. The molecule has 0 radical (unpaired) electrons. The van der Waals surface area contributed by atoms with Crippen LogP contribution in [0.15, 0.2) is 22.7 Å². The summed E-state index contributed by atoms with van der Waals surface area (Å²) >= 11 is 3.74. The van der Waals surface area contributed by atoms with Crippen molar-refractivity contribution in [2.24, 2.45) is 0 Å². The van der Waals surface area contributed by atoms with E-state index in [9.17, 15) is 0 Å². The summed E-state index contributed by atoms with van der Waals surface area (Å²) in [6.45, 7) is 8.97. The lowest BCUT2D eigenvalue weighted by Gasteiger charge is -2.35. The molecular weight excluding hydrogens is 359 g/mol. The zero-order chi connectivity index (χ0) is 13.0. The topological polar surface area (TPSA) is 15.3 Å². The van der Waals surface area contributed by atoms with E-state index in [1.165, 1.54) is 28.4 Å². The summed E-state index contributed by atoms with van der Waals surface area (Å²) in [5, 5.41) is 3.43. The van der Waals surface area contributed by atoms with Gasteiger partial charge < -0.3 is 5.32 Å². The third-order valence-electron chi connectivity index (χ3n) is 3.67. The molecule has 0 amide bonds. The summed E-state index contributed by atoms with van der Waals surface area (Å²) in [5.74, 6) is 0. The minimum atomic E-state index is 0. The third-order valence-corrected chi connectivity index (χ3v) is 4.36. The Balaban J connectivity index is 0.00000180. The van der Waals surface area contributed by atoms with Gasteiger partial charge in [0, 0.05) is 36.7 Å². The minimum absolute atomic E-state index is 0. The standard InChI is InChI=1S/C15H23BrN2.2ClH/c1-3-4-15(18-9-7-17-8-10-18)13-6-5-12(2)11-14(13)16;;/h5-6,11,15,17H,3-4,7-10H2,1-2H3;2*1H/t15-;;/m0../s1. The average molecular weight is 384 g/mol. The molecule has 0 aliphatic carbocycles. The zero-order valence-electron chi connectivity index (χ0n) is 12.2. The molecule has 1 atom stereocenters. The Morgan fingerprint density at radius 3 is 2.45 bits per heavy atom. The number of aryl methyl sites for hydroxylation is 1. The van der Waals surface area contributed by atoms with Crippen LogP contribution in [0, 0.1) is 6.92 Å². The van der Waals surface area contributed by atoms with Gasteiger partial charge in [0.15, 0.2) is 0 Å². The number of benzene rings is 1. The summed E-state index contributed by atoms with van der Waals surface area (Å²) in [6.07, 6.45) is 2.47. The number of hydrogen-bond donors (Lipinski definition) is 1. The van der Waals surface area contributed by atoms with Gasteiger partial charge in [-0.05, 0) is 30.5 Å². The third kappa shape index (κ3) is 5.19. The van der Waals surface area contributed by atoms with Crippen molar-refractivity contribution in [2.45, 2.75) is 32.7 Å². The van der Waals surface area contributed by atoms with Gasteiger partial charge in [0.1, 0.15) is 0 Å². The molecule has 1 aliphatic heterocycles. The van der Waals surface area contributed by atoms with E-state index in [1.54, 1.807) is 0 Å². The van der Waals surface area contributed by atoms with E-state index in [1.807, 2.05) is 0 Å². The van der Waals surface area contributed by atoms with E-state index in [0.717, 1.165) is 26.2 Å². The van der Waals surface area contributed by atoms with Crippen LogP contribution in [0.4, 0.5) is 0 Å². The van der Waals surface area contributed by atoms with Gasteiger partial charge in [-0.3, -0.25) is 4.90 Å². The highest BCUT2D eigenvalue weighted by molar-refractivity contribution is 9.10. The lowest BCUT2D eigenvalue weighted by Crippen LogP contribution is -2.45. The summed E-state index contributed by atoms with van der Waals surface area (Å²) in [5.41, 5.74) is 2.77. The Bertz CT molecular complexity index is 395. The molecule has 1 aromatic carbocycles. The lowest BCUT2D eigenvalue weighted by atomic mass is 9.99. The van der Waals surface area contributed by atoms with Gasteiger partial charge in [0.05, 0.1) is 0 Å². The molecule has 0 spiro atoms. The van der Waals surface area contributed by atoms with Crippen LogP contribution in [0.25, 0.3) is 0 Å². The van der Waals surface area contributed by atoms with E-state index in [0.29, 0.717) is 6.04 Å². The second-order valence-electron chi connectivity index (χ2n) is 5.12. The number of halogens is 3. The van der Waals surface area contributed by atoms with Crippen LogP contribution >= 0.6 is 40.7 Å². The number of nitrogens with zero attached hydrogens (tertiary/aromatic N) is 1. The van der Waals surface area contributed by atoms with Gasteiger partial charge in [-0.25, -0.2) is 0 Å². The summed E-state index contributed by atoms with van der Waals surface area (Å²) in [4.78, 5) is 2.62. The van der Waals surface area contributed by atoms with E-state index < -0.39 is 0 Å². The molecule has 1 N–H and O–H groups in total. The van der Waals surface area contributed by atoms with Gasteiger partial charge in [0.25, 0.3) is 0 Å². The molecule has 1 saturated heterocycles. The molecule has 2 rings (SSSR count). The van der Waals surface area contributed by atoms with Crippen LogP contribution in [0.2, 0.25) is 0 Å². The molecule has 5 heteroatoms. The number of piperazine rings is 1. The van der Waals surface area contributed by atoms with Crippen molar-refractivity contribution < 1.29 is 0 Å². The van der Waals surface area contributed by atoms with Gasteiger partial charge in [-0.2, -0.15) is 0 Å². The summed E-state index contributed by atoms with van der Waals surface area (Å²) < 4.78 is 1.26. The van der Waals surface area contributed by atoms with Gasteiger partial charge in [-0.15, -0.1) is 24.8 Å². The first-order valence-corrected chi connectivity index (χ1v) is 7.72. The lowest BCUT2D eigenvalue weighted by molar-refractivity contribution is 0.164. The van der Waals surface area contributed by atoms with Crippen molar-refractivity contribution in [2.75, 3.05) is 26.2 Å². The smallest absolute Gasteiger partial charge is 0.0360 e. The second-order valence-corrected chi connectivity index (χ2v) is 5.97. The van der Waals surface area contributed by atoms with E-state index in [-0.39, 0.29) is 24.8 Å². The second kappa shape index (κ2) is 10.0. The highest BCUT2D eigenvalue weighted by atomic mass is 79.9. The molecule has 1 aromatic rings. The van der Waals surface area contributed by atoms with Crippen molar-refractivity contribution in [1.82, 2.24) is 10.2 Å². The molecule has 1 aliphatic rings. The molecule has 116 valence electrons. The first-order valence-electron chi connectivity index (χ1n) is 6.93. The zero-order valence-corrected chi connectivity index (χ0v) is 15.4. The van der Waals surface area contributed by atoms with Crippen LogP contribution < -0.4 is 5.32 Å². The quantitative estimate of drug-likeness (QED) is 0.831. The highest BCUT2D eigenvalue weighted by Gasteiger charge is 2.22. The molecule has 0 aromatic heterocycles. The number of hydrogen-bond acceptors (Lipinski definition) is 2. The normalized spacial score (nSPS) is 16.9. The first kappa shape index (κ1) is 20.2. The first-order chi connectivity index (χ1) is 8.72. The molecule has 1 fully saturated rings. The van der Waals surface area contributed by atoms with Crippen LogP contribution in [0.5, 0.6) is 0 Å². The van der Waals surface area contributed by atoms with E-state index in [2.05, 4.69) is 58.2 Å². The fourth-order valence-electron chi connectivity index (χ4n) is 2.70. The molecule has 20 heavy (non-hydrogen) atoms. The van der Waals surface area contributed by atoms with Crippen molar-refractivity contribution in [3.8, 4) is 0 Å². The maximum Gasteiger partial charge on any atom is 0.0360 e. The predicted octanol–water partition coefficient (Wildman–Crippen LogP) is 4.35. The Labute approximate surface area is 143 Å². The van der Waals surface area contributed by atoms with Crippen LogP contribution in [-0.4, -0.2) is 31.1 Å². The molecule has 0 unspecified atom stereocenters. The molecular formula is C15H25BrCl2N2. The summed E-state index contributed by atoms with van der Waals surface area (Å²) in [6, 6.07) is 7.32. The van der Waals surface area contributed by atoms with Crippen molar-refractivity contribution in [3.63, 3.8) is 0 Å². The highest BCUT2D eigenvalue weighted by Crippen LogP contribution is 2.32. The van der Waals surface area contributed by atoms with E-state index in [4.69, 9.17) is 0 Å². The van der Waals surface area contributed by atoms with E-state index >= 15 is 0 Å². The van der Waals surface area contributed by atoms with Crippen molar-refractivity contribution in [3.05, 3.63) is 33.8 Å². The maximum absolute atomic E-state index is 3.74. The van der Waals surface area contributed by atoms with Gasteiger partial charge in [0.2, 0.25) is 0 Å². The fraction of sp³-hybridized carbons (Fsp3) is 0.600. The maximum atomic E-state index is 3.74. The Morgan fingerprint density at radius 2 is 1.90 bits per heavy atom. The monoisotopic (exact) mass is 382 g/mol. The summed E-state index contributed by atoms with van der Waals surface area (Å²) in [7, 11) is 0. The minimum Gasteiger partial charge on any atom is -0.314 e. The predicted molar refractivity (Wildman–Crippen MR) is 95.5 cm³/mol. The molecule has 0 saturated carbocycles. The molecule has 1 heterocycles. The van der Waals surface area contributed by atoms with Crippen molar-refractivity contribution in [1.29, 1.82) is 0 Å². The number of nitrogens with one attached hydrogen (secondary N) is 1. The Hall–Kier alpha value is 0.200. The van der Waals surface area contributed by atoms with Gasteiger partial charge >= 0.3 is 0 Å².